The van der Waals surface area contributed by atoms with Gasteiger partial charge in [-0.15, -0.1) is 11.8 Å². The van der Waals surface area contributed by atoms with E-state index in [0.717, 1.165) is 12.0 Å². The number of hydrogen-bond acceptors (Lipinski definition) is 3. The van der Waals surface area contributed by atoms with Gasteiger partial charge in [0.1, 0.15) is 0 Å². The normalized spacial score (nSPS) is 17.4. The molecule has 1 aliphatic rings. The van der Waals surface area contributed by atoms with Gasteiger partial charge in [-0.2, -0.15) is 0 Å². The number of carboxylic acid groups (broad SMARTS) is 1. The van der Waals surface area contributed by atoms with Crippen LogP contribution in [0.1, 0.15) is 27.5 Å². The lowest BCUT2D eigenvalue weighted by molar-refractivity contribution is 0.0696. The van der Waals surface area contributed by atoms with Gasteiger partial charge in [-0.3, -0.25) is 0 Å². The lowest BCUT2D eigenvalue weighted by Gasteiger charge is -2.24. The Balaban J connectivity index is 1.69. The Morgan fingerprint density at radius 1 is 1.25 bits per heavy atom. The molecule has 120 valence electrons. The lowest BCUT2D eigenvalue weighted by atomic mass is 9.98. The number of carbonyl (C=O) groups is 1. The first-order chi connectivity index (χ1) is 11.7. The summed E-state index contributed by atoms with van der Waals surface area (Å²) in [5.41, 5.74) is 2.71. The highest BCUT2D eigenvalue weighted by Crippen LogP contribution is 2.44. The first kappa shape index (κ1) is 15.0. The zero-order valence-electron chi connectivity index (χ0n) is 12.9. The molecule has 1 aromatic heterocycles. The second-order valence-corrected chi connectivity index (χ2v) is 7.13. The van der Waals surface area contributed by atoms with Crippen LogP contribution in [0.4, 0.5) is 0 Å². The molecule has 0 amide bonds. The van der Waals surface area contributed by atoms with Crippen molar-refractivity contribution in [2.45, 2.75) is 22.6 Å². The number of thioether (sulfide) groups is 1. The summed E-state index contributed by atoms with van der Waals surface area (Å²) in [6.07, 6.45) is 6.48. The van der Waals surface area contributed by atoms with Gasteiger partial charge in [-0.1, -0.05) is 30.3 Å². The van der Waals surface area contributed by atoms with E-state index in [-0.39, 0.29) is 6.04 Å². The number of benzene rings is 2. The Hall–Kier alpha value is -2.53. The van der Waals surface area contributed by atoms with Crippen molar-refractivity contribution >= 4 is 17.7 Å². The standard InChI is InChI=1S/C19H16N2O2S/c22-19(23)14-6-7-16-15(10-14)11-17(24-16)18(21-9-8-20-12-21)13-4-2-1-3-5-13/h1-10,12,17-18H,11H2,(H,22,23). The van der Waals surface area contributed by atoms with Crippen LogP contribution in [0.15, 0.2) is 72.1 Å². The minimum absolute atomic E-state index is 0.166. The molecule has 2 heterocycles. The molecule has 4 nitrogen and oxygen atoms in total. The van der Waals surface area contributed by atoms with Crippen LogP contribution in [0, 0.1) is 0 Å². The summed E-state index contributed by atoms with van der Waals surface area (Å²) in [5.74, 6) is -0.875. The molecule has 0 radical (unpaired) electrons. The fourth-order valence-electron chi connectivity index (χ4n) is 3.25. The predicted molar refractivity (Wildman–Crippen MR) is 93.6 cm³/mol. The largest absolute Gasteiger partial charge is 0.478 e. The Kier molecular flexibility index (Phi) is 3.86. The summed E-state index contributed by atoms with van der Waals surface area (Å²) in [6.45, 7) is 0. The van der Waals surface area contributed by atoms with Crippen molar-refractivity contribution in [3.05, 3.63) is 83.9 Å². The molecule has 2 aromatic carbocycles. The summed E-state index contributed by atoms with van der Waals surface area (Å²) < 4.78 is 2.14. The van der Waals surface area contributed by atoms with Crippen molar-refractivity contribution in [2.75, 3.05) is 0 Å². The molecule has 0 saturated carbocycles. The zero-order valence-corrected chi connectivity index (χ0v) is 13.7. The first-order valence-corrected chi connectivity index (χ1v) is 8.65. The van der Waals surface area contributed by atoms with Crippen LogP contribution < -0.4 is 0 Å². The van der Waals surface area contributed by atoms with Gasteiger partial charge < -0.3 is 9.67 Å². The van der Waals surface area contributed by atoms with Gasteiger partial charge in [0.05, 0.1) is 17.9 Å². The number of aromatic carboxylic acids is 1. The van der Waals surface area contributed by atoms with E-state index in [2.05, 4.69) is 33.8 Å². The molecular weight excluding hydrogens is 320 g/mol. The number of carboxylic acids is 1. The molecule has 0 saturated heterocycles. The van der Waals surface area contributed by atoms with Crippen LogP contribution in [0.3, 0.4) is 0 Å². The van der Waals surface area contributed by atoms with Crippen molar-refractivity contribution in [3.8, 4) is 0 Å². The molecule has 1 aliphatic heterocycles. The fourth-order valence-corrected chi connectivity index (χ4v) is 4.70. The third kappa shape index (κ3) is 2.71. The van der Waals surface area contributed by atoms with E-state index in [1.165, 1.54) is 10.5 Å². The van der Waals surface area contributed by atoms with Crippen LogP contribution in [-0.4, -0.2) is 25.9 Å². The lowest BCUT2D eigenvalue weighted by Crippen LogP contribution is -2.21. The Bertz CT molecular complexity index is 862. The van der Waals surface area contributed by atoms with Crippen molar-refractivity contribution in [2.24, 2.45) is 0 Å². The van der Waals surface area contributed by atoms with Crippen LogP contribution in [0.25, 0.3) is 0 Å². The molecule has 5 heteroatoms. The second-order valence-electron chi connectivity index (χ2n) is 5.85. The van der Waals surface area contributed by atoms with E-state index < -0.39 is 5.97 Å². The minimum Gasteiger partial charge on any atom is -0.478 e. The third-order valence-corrected chi connectivity index (χ3v) is 5.73. The van der Waals surface area contributed by atoms with Crippen molar-refractivity contribution < 1.29 is 9.90 Å². The molecule has 24 heavy (non-hydrogen) atoms. The maximum absolute atomic E-state index is 11.2. The molecule has 0 aliphatic carbocycles. The number of fused-ring (bicyclic) bond motifs is 1. The van der Waals surface area contributed by atoms with Gasteiger partial charge in [-0.05, 0) is 35.7 Å². The molecule has 4 rings (SSSR count). The quantitative estimate of drug-likeness (QED) is 0.785. The van der Waals surface area contributed by atoms with Gasteiger partial charge in [-0.25, -0.2) is 9.78 Å². The van der Waals surface area contributed by atoms with Gasteiger partial charge in [0.25, 0.3) is 0 Å². The molecule has 0 bridgehead atoms. The number of hydrogen-bond donors (Lipinski definition) is 1. The maximum Gasteiger partial charge on any atom is 0.335 e. The molecule has 2 unspecified atom stereocenters. The van der Waals surface area contributed by atoms with Crippen LogP contribution >= 0.6 is 11.8 Å². The molecular formula is C19H16N2O2S. The second kappa shape index (κ2) is 6.17. The molecule has 3 aromatic rings. The van der Waals surface area contributed by atoms with Crippen molar-refractivity contribution in [1.82, 2.24) is 9.55 Å². The molecule has 2 atom stereocenters. The van der Waals surface area contributed by atoms with Gasteiger partial charge in [0.2, 0.25) is 0 Å². The van der Waals surface area contributed by atoms with Crippen LogP contribution in [-0.2, 0) is 6.42 Å². The van der Waals surface area contributed by atoms with Crippen LogP contribution in [0.2, 0.25) is 0 Å². The van der Waals surface area contributed by atoms with E-state index in [4.69, 9.17) is 0 Å². The van der Waals surface area contributed by atoms with Gasteiger partial charge in [0.15, 0.2) is 0 Å². The average molecular weight is 336 g/mol. The maximum atomic E-state index is 11.2. The monoisotopic (exact) mass is 336 g/mol. The molecule has 0 fully saturated rings. The van der Waals surface area contributed by atoms with E-state index in [0.29, 0.717) is 10.8 Å². The van der Waals surface area contributed by atoms with E-state index in [1.807, 2.05) is 36.4 Å². The Morgan fingerprint density at radius 2 is 2.08 bits per heavy atom. The number of imidazole rings is 1. The topological polar surface area (TPSA) is 55.1 Å². The summed E-state index contributed by atoms with van der Waals surface area (Å²) in [6, 6.07) is 16.0. The number of rotatable bonds is 4. The van der Waals surface area contributed by atoms with Crippen LogP contribution in [0.5, 0.6) is 0 Å². The zero-order chi connectivity index (χ0) is 16.5. The van der Waals surface area contributed by atoms with Crippen molar-refractivity contribution in [3.63, 3.8) is 0 Å². The average Bonchev–Trinajstić information content (AvgIpc) is 3.25. The Labute approximate surface area is 144 Å². The summed E-state index contributed by atoms with van der Waals surface area (Å²) in [5, 5.41) is 9.51. The smallest absolute Gasteiger partial charge is 0.335 e. The number of nitrogens with zero attached hydrogens (tertiary/aromatic N) is 2. The summed E-state index contributed by atoms with van der Waals surface area (Å²) in [7, 11) is 0. The third-order valence-electron chi connectivity index (χ3n) is 4.35. The van der Waals surface area contributed by atoms with E-state index in [1.54, 1.807) is 18.3 Å². The highest BCUT2D eigenvalue weighted by atomic mass is 32.2. The first-order valence-electron chi connectivity index (χ1n) is 7.77. The summed E-state index contributed by atoms with van der Waals surface area (Å²) >= 11 is 1.82. The number of aromatic nitrogens is 2. The highest BCUT2D eigenvalue weighted by Gasteiger charge is 2.32. The van der Waals surface area contributed by atoms with E-state index >= 15 is 0 Å². The molecule has 1 N–H and O–H groups in total. The van der Waals surface area contributed by atoms with Gasteiger partial charge >= 0.3 is 5.97 Å². The Morgan fingerprint density at radius 3 is 2.79 bits per heavy atom. The van der Waals surface area contributed by atoms with E-state index in [9.17, 15) is 9.90 Å². The van der Waals surface area contributed by atoms with Crippen molar-refractivity contribution in [1.29, 1.82) is 0 Å². The SMILES string of the molecule is O=C(O)c1ccc2c(c1)CC(C(c1ccccc1)n1ccnc1)S2. The fraction of sp³-hybridized carbons (Fsp3) is 0.158. The minimum atomic E-state index is -0.875. The summed E-state index contributed by atoms with van der Waals surface area (Å²) in [4.78, 5) is 16.6. The molecule has 0 spiro atoms. The highest BCUT2D eigenvalue weighted by molar-refractivity contribution is 8.00. The van der Waals surface area contributed by atoms with Gasteiger partial charge in [0, 0.05) is 22.5 Å². The predicted octanol–water partition coefficient (Wildman–Crippen LogP) is 3.89.